The van der Waals surface area contributed by atoms with Crippen LogP contribution in [0.3, 0.4) is 0 Å². The van der Waals surface area contributed by atoms with E-state index >= 15 is 0 Å². The van der Waals surface area contributed by atoms with Gasteiger partial charge in [-0.3, -0.25) is 0 Å². The van der Waals surface area contributed by atoms with E-state index in [2.05, 4.69) is 15.9 Å². The molecule has 0 heterocycles. The van der Waals surface area contributed by atoms with Gasteiger partial charge < -0.3 is 0 Å². The van der Waals surface area contributed by atoms with Gasteiger partial charge in [0.25, 0.3) is 0 Å². The lowest BCUT2D eigenvalue weighted by Gasteiger charge is -2.01. The molecule has 0 aliphatic rings. The molecule has 0 radical (unpaired) electrons. The van der Waals surface area contributed by atoms with Crippen molar-refractivity contribution in [3.63, 3.8) is 0 Å². The Labute approximate surface area is 83.3 Å². The van der Waals surface area contributed by atoms with Crippen LogP contribution >= 0.6 is 15.9 Å². The maximum atomic E-state index is 12.8. The van der Waals surface area contributed by atoms with Crippen LogP contribution in [0, 0.1) is 28.5 Å². The molecule has 1 aromatic rings. The van der Waals surface area contributed by atoms with Crippen LogP contribution in [0.2, 0.25) is 0 Å². The van der Waals surface area contributed by atoms with E-state index in [1.807, 2.05) is 6.07 Å². The van der Waals surface area contributed by atoms with Crippen molar-refractivity contribution in [3.8, 4) is 12.1 Å². The first-order valence-electron chi connectivity index (χ1n) is 3.42. The first-order valence-corrected chi connectivity index (χ1v) is 4.34. The second-order valence-corrected chi connectivity index (χ2v) is 3.26. The molecule has 0 saturated heterocycles. The predicted molar refractivity (Wildman–Crippen MR) is 48.4 cm³/mol. The molecule has 13 heavy (non-hydrogen) atoms. The Morgan fingerprint density at radius 1 is 1.38 bits per heavy atom. The van der Waals surface area contributed by atoms with E-state index < -0.39 is 10.6 Å². The summed E-state index contributed by atoms with van der Waals surface area (Å²) in [6.45, 7) is 0. The predicted octanol–water partition coefficient (Wildman–Crippen LogP) is 2.66. The van der Waals surface area contributed by atoms with Gasteiger partial charge in [-0.25, -0.2) is 4.39 Å². The normalized spacial score (nSPS) is 11.4. The summed E-state index contributed by atoms with van der Waals surface area (Å²) < 4.78 is 12.8. The molecule has 4 heteroatoms. The highest BCUT2D eigenvalue weighted by Gasteiger charge is 2.08. The van der Waals surface area contributed by atoms with E-state index in [-0.39, 0.29) is 5.56 Å². The van der Waals surface area contributed by atoms with Crippen LogP contribution in [0.5, 0.6) is 0 Å². The summed E-state index contributed by atoms with van der Waals surface area (Å²) in [6, 6.07) is 7.66. The molecular weight excluding hydrogens is 235 g/mol. The first-order chi connectivity index (χ1) is 6.19. The SMILES string of the molecule is N#Cc1cc(C(Br)C#N)ccc1F. The summed E-state index contributed by atoms with van der Waals surface area (Å²) in [4.78, 5) is -0.500. The summed E-state index contributed by atoms with van der Waals surface area (Å²) in [5.41, 5.74) is 0.539. The van der Waals surface area contributed by atoms with Crippen LogP contribution in [0.4, 0.5) is 4.39 Å². The Morgan fingerprint density at radius 3 is 2.62 bits per heavy atom. The Kier molecular flexibility index (Phi) is 3.00. The zero-order chi connectivity index (χ0) is 9.84. The summed E-state index contributed by atoms with van der Waals surface area (Å²) >= 11 is 3.08. The highest BCUT2D eigenvalue weighted by Crippen LogP contribution is 2.23. The smallest absolute Gasteiger partial charge is 0.140 e. The molecule has 1 unspecified atom stereocenters. The van der Waals surface area contributed by atoms with Gasteiger partial charge >= 0.3 is 0 Å². The maximum absolute atomic E-state index is 12.8. The standard InChI is InChI=1S/C9H4BrFN2/c10-8(5-13)6-1-2-9(11)7(3-6)4-12/h1-3,8H. The van der Waals surface area contributed by atoms with Crippen LogP contribution in [-0.2, 0) is 0 Å². The molecule has 1 aromatic carbocycles. The van der Waals surface area contributed by atoms with Crippen molar-refractivity contribution in [2.45, 2.75) is 4.83 Å². The molecule has 64 valence electrons. The maximum Gasteiger partial charge on any atom is 0.140 e. The molecule has 0 aromatic heterocycles. The van der Waals surface area contributed by atoms with Crippen LogP contribution < -0.4 is 0 Å². The third-order valence-electron chi connectivity index (χ3n) is 1.52. The monoisotopic (exact) mass is 238 g/mol. The Balaban J connectivity index is 3.17. The fourth-order valence-electron chi connectivity index (χ4n) is 0.861. The van der Waals surface area contributed by atoms with Gasteiger partial charge in [0.15, 0.2) is 0 Å². The lowest BCUT2D eigenvalue weighted by atomic mass is 10.1. The molecule has 2 nitrogen and oxygen atoms in total. The molecule has 0 amide bonds. The van der Waals surface area contributed by atoms with Crippen molar-refractivity contribution in [2.75, 3.05) is 0 Å². The average molecular weight is 239 g/mol. The number of nitriles is 2. The first kappa shape index (κ1) is 9.70. The van der Waals surface area contributed by atoms with Gasteiger partial charge in [0.1, 0.15) is 16.7 Å². The second kappa shape index (κ2) is 4.02. The Hall–Kier alpha value is -1.39. The number of hydrogen-bond acceptors (Lipinski definition) is 2. The summed E-state index contributed by atoms with van der Waals surface area (Å²) in [5.74, 6) is -0.566. The number of alkyl halides is 1. The van der Waals surface area contributed by atoms with Gasteiger partial charge in [-0.05, 0) is 17.7 Å². The average Bonchev–Trinajstić information content (AvgIpc) is 2.17. The van der Waals surface area contributed by atoms with E-state index in [4.69, 9.17) is 10.5 Å². The van der Waals surface area contributed by atoms with Crippen LogP contribution in [-0.4, -0.2) is 0 Å². The second-order valence-electron chi connectivity index (χ2n) is 2.34. The topological polar surface area (TPSA) is 47.6 Å². The number of hydrogen-bond donors (Lipinski definition) is 0. The van der Waals surface area contributed by atoms with Gasteiger partial charge in [0, 0.05) is 0 Å². The van der Waals surface area contributed by atoms with Crippen molar-refractivity contribution in [3.05, 3.63) is 35.1 Å². The number of benzene rings is 1. The minimum Gasteiger partial charge on any atom is -0.206 e. The molecule has 0 N–H and O–H groups in total. The van der Waals surface area contributed by atoms with Gasteiger partial charge in [-0.2, -0.15) is 10.5 Å². The quantitative estimate of drug-likeness (QED) is 0.707. The largest absolute Gasteiger partial charge is 0.206 e. The lowest BCUT2D eigenvalue weighted by molar-refractivity contribution is 0.623. The third kappa shape index (κ3) is 2.05. The van der Waals surface area contributed by atoms with Crippen molar-refractivity contribution in [2.24, 2.45) is 0 Å². The Morgan fingerprint density at radius 2 is 2.08 bits per heavy atom. The molecule has 1 atom stereocenters. The summed E-state index contributed by atoms with van der Waals surface area (Å²) in [7, 11) is 0. The molecule has 0 fully saturated rings. The van der Waals surface area contributed by atoms with E-state index in [1.54, 1.807) is 6.07 Å². The molecule has 0 aliphatic carbocycles. The van der Waals surface area contributed by atoms with Crippen molar-refractivity contribution >= 4 is 15.9 Å². The van der Waals surface area contributed by atoms with Crippen molar-refractivity contribution in [1.29, 1.82) is 10.5 Å². The third-order valence-corrected chi connectivity index (χ3v) is 2.25. The minimum absolute atomic E-state index is 0.0443. The van der Waals surface area contributed by atoms with Crippen molar-refractivity contribution in [1.82, 2.24) is 0 Å². The van der Waals surface area contributed by atoms with E-state index in [0.29, 0.717) is 5.56 Å². The number of rotatable bonds is 1. The summed E-state index contributed by atoms with van der Waals surface area (Å²) in [5, 5.41) is 17.1. The van der Waals surface area contributed by atoms with Crippen LogP contribution in [0.15, 0.2) is 18.2 Å². The molecule has 0 spiro atoms. The fraction of sp³-hybridized carbons (Fsp3) is 0.111. The van der Waals surface area contributed by atoms with E-state index in [1.165, 1.54) is 18.2 Å². The molecule has 0 saturated carbocycles. The molecular formula is C9H4BrFN2. The van der Waals surface area contributed by atoms with Gasteiger partial charge in [-0.1, -0.05) is 22.0 Å². The molecule has 0 aliphatic heterocycles. The van der Waals surface area contributed by atoms with Crippen LogP contribution in [0.25, 0.3) is 0 Å². The zero-order valence-corrected chi connectivity index (χ0v) is 8.05. The van der Waals surface area contributed by atoms with E-state index in [0.717, 1.165) is 0 Å². The van der Waals surface area contributed by atoms with Gasteiger partial charge in [-0.15, -0.1) is 0 Å². The molecule has 0 bridgehead atoms. The lowest BCUT2D eigenvalue weighted by Crippen LogP contribution is -1.90. The zero-order valence-electron chi connectivity index (χ0n) is 6.46. The van der Waals surface area contributed by atoms with Gasteiger partial charge in [0.2, 0.25) is 0 Å². The Bertz CT molecular complexity index is 403. The van der Waals surface area contributed by atoms with Crippen LogP contribution in [0.1, 0.15) is 16.0 Å². The minimum atomic E-state index is -0.566. The number of halogens is 2. The molecule has 1 rings (SSSR count). The highest BCUT2D eigenvalue weighted by atomic mass is 79.9. The van der Waals surface area contributed by atoms with Gasteiger partial charge in [0.05, 0.1) is 11.6 Å². The number of nitrogens with zero attached hydrogens (tertiary/aromatic N) is 2. The highest BCUT2D eigenvalue weighted by molar-refractivity contribution is 9.09. The summed E-state index contributed by atoms with van der Waals surface area (Å²) in [6.07, 6.45) is 0. The van der Waals surface area contributed by atoms with E-state index in [9.17, 15) is 4.39 Å². The fourth-order valence-corrected chi connectivity index (χ4v) is 1.15. The van der Waals surface area contributed by atoms with Crippen molar-refractivity contribution < 1.29 is 4.39 Å².